The van der Waals surface area contributed by atoms with E-state index in [9.17, 15) is 14.9 Å². The van der Waals surface area contributed by atoms with Gasteiger partial charge >= 0.3 is 11.8 Å². The smallest absolute Gasteiger partial charge is 0.426 e. The SMILES string of the molecule is O=C(Oc1ccccc1[N+](=O)[O-])OC1COC1. The minimum Gasteiger partial charge on any atom is -0.426 e. The first-order valence-corrected chi connectivity index (χ1v) is 4.86. The average Bonchev–Trinajstić information content (AvgIpc) is 2.24. The summed E-state index contributed by atoms with van der Waals surface area (Å²) in [5.74, 6) is -0.136. The number of ether oxygens (including phenoxy) is 3. The maximum atomic E-state index is 11.3. The zero-order valence-electron chi connectivity index (χ0n) is 8.70. The minimum absolute atomic E-state index is 0.136. The second-order valence-corrected chi connectivity index (χ2v) is 3.35. The van der Waals surface area contributed by atoms with Gasteiger partial charge in [-0.3, -0.25) is 10.1 Å². The first-order valence-electron chi connectivity index (χ1n) is 4.86. The van der Waals surface area contributed by atoms with Crippen LogP contribution in [0.25, 0.3) is 0 Å². The average molecular weight is 239 g/mol. The van der Waals surface area contributed by atoms with Crippen molar-refractivity contribution in [3.8, 4) is 5.75 Å². The molecule has 1 aliphatic rings. The van der Waals surface area contributed by atoms with Crippen LogP contribution in [-0.4, -0.2) is 30.4 Å². The van der Waals surface area contributed by atoms with E-state index in [1.807, 2.05) is 0 Å². The Morgan fingerprint density at radius 3 is 2.71 bits per heavy atom. The second kappa shape index (κ2) is 4.79. The van der Waals surface area contributed by atoms with Gasteiger partial charge in [-0.2, -0.15) is 0 Å². The van der Waals surface area contributed by atoms with E-state index < -0.39 is 11.1 Å². The van der Waals surface area contributed by atoms with Crippen LogP contribution in [-0.2, 0) is 9.47 Å². The number of rotatable bonds is 3. The van der Waals surface area contributed by atoms with Gasteiger partial charge in [0, 0.05) is 6.07 Å². The van der Waals surface area contributed by atoms with Crippen molar-refractivity contribution >= 4 is 11.8 Å². The van der Waals surface area contributed by atoms with E-state index in [2.05, 4.69) is 0 Å². The van der Waals surface area contributed by atoms with E-state index >= 15 is 0 Å². The first kappa shape index (κ1) is 11.3. The fraction of sp³-hybridized carbons (Fsp3) is 0.300. The number of nitrogens with zero attached hydrogens (tertiary/aromatic N) is 1. The van der Waals surface area contributed by atoms with Gasteiger partial charge in [-0.15, -0.1) is 0 Å². The summed E-state index contributed by atoms with van der Waals surface area (Å²) in [6.45, 7) is 0.651. The summed E-state index contributed by atoms with van der Waals surface area (Å²) in [7, 11) is 0. The van der Waals surface area contributed by atoms with Crippen LogP contribution in [0.15, 0.2) is 24.3 Å². The van der Waals surface area contributed by atoms with Gasteiger partial charge in [0.05, 0.1) is 18.1 Å². The summed E-state index contributed by atoms with van der Waals surface area (Å²) in [6, 6.07) is 5.59. The van der Waals surface area contributed by atoms with Crippen molar-refractivity contribution in [3.05, 3.63) is 34.4 Å². The topological polar surface area (TPSA) is 87.9 Å². The molecule has 7 nitrogen and oxygen atoms in total. The van der Waals surface area contributed by atoms with Crippen molar-refractivity contribution in [3.63, 3.8) is 0 Å². The van der Waals surface area contributed by atoms with Crippen molar-refractivity contribution in [2.75, 3.05) is 13.2 Å². The molecule has 0 atom stereocenters. The first-order chi connectivity index (χ1) is 8.16. The lowest BCUT2D eigenvalue weighted by Gasteiger charge is -2.24. The Labute approximate surface area is 96.0 Å². The molecule has 2 rings (SSSR count). The highest BCUT2D eigenvalue weighted by Crippen LogP contribution is 2.26. The molecule has 0 unspecified atom stereocenters. The Morgan fingerprint density at radius 1 is 1.41 bits per heavy atom. The molecule has 1 heterocycles. The van der Waals surface area contributed by atoms with Crippen LogP contribution in [0, 0.1) is 10.1 Å². The van der Waals surface area contributed by atoms with Crippen LogP contribution in [0.5, 0.6) is 5.75 Å². The fourth-order valence-electron chi connectivity index (χ4n) is 1.23. The quantitative estimate of drug-likeness (QED) is 0.344. The summed E-state index contributed by atoms with van der Waals surface area (Å²) >= 11 is 0. The van der Waals surface area contributed by atoms with E-state index in [0.717, 1.165) is 0 Å². The van der Waals surface area contributed by atoms with Crippen molar-refractivity contribution in [2.45, 2.75) is 6.10 Å². The Hall–Kier alpha value is -2.15. The number of carbonyl (C=O) groups is 1. The highest BCUT2D eigenvalue weighted by molar-refractivity contribution is 5.66. The molecule has 1 aromatic carbocycles. The third-order valence-electron chi connectivity index (χ3n) is 2.13. The van der Waals surface area contributed by atoms with Gasteiger partial charge in [0.25, 0.3) is 0 Å². The molecule has 90 valence electrons. The van der Waals surface area contributed by atoms with Gasteiger partial charge in [-0.1, -0.05) is 12.1 Å². The van der Waals surface area contributed by atoms with Gasteiger partial charge in [-0.05, 0) is 6.07 Å². The summed E-state index contributed by atoms with van der Waals surface area (Å²) in [6.07, 6.45) is -1.29. The maximum absolute atomic E-state index is 11.3. The van der Waals surface area contributed by atoms with Crippen molar-refractivity contribution in [1.29, 1.82) is 0 Å². The van der Waals surface area contributed by atoms with E-state index in [1.165, 1.54) is 24.3 Å². The van der Waals surface area contributed by atoms with Crippen LogP contribution in [0.1, 0.15) is 0 Å². The molecule has 0 radical (unpaired) electrons. The predicted molar refractivity (Wildman–Crippen MR) is 54.8 cm³/mol. The molecule has 17 heavy (non-hydrogen) atoms. The number of para-hydroxylation sites is 2. The van der Waals surface area contributed by atoms with Crippen LogP contribution >= 0.6 is 0 Å². The molecule has 0 N–H and O–H groups in total. The highest BCUT2D eigenvalue weighted by Gasteiger charge is 2.25. The summed E-state index contributed by atoms with van der Waals surface area (Å²) in [5, 5.41) is 10.6. The van der Waals surface area contributed by atoms with Crippen LogP contribution in [0.2, 0.25) is 0 Å². The van der Waals surface area contributed by atoms with Crippen LogP contribution < -0.4 is 4.74 Å². The van der Waals surface area contributed by atoms with Gasteiger partial charge in [0.2, 0.25) is 5.75 Å². The van der Waals surface area contributed by atoms with Gasteiger partial charge in [-0.25, -0.2) is 4.79 Å². The predicted octanol–water partition coefficient (Wildman–Crippen LogP) is 1.51. The molecule has 0 amide bonds. The zero-order chi connectivity index (χ0) is 12.3. The van der Waals surface area contributed by atoms with E-state index in [4.69, 9.17) is 14.2 Å². The number of hydrogen-bond donors (Lipinski definition) is 0. The molecular formula is C10H9NO6. The van der Waals surface area contributed by atoms with Gasteiger partial charge in [0.15, 0.2) is 6.10 Å². The van der Waals surface area contributed by atoms with Crippen molar-refractivity contribution in [2.24, 2.45) is 0 Å². The summed E-state index contributed by atoms with van der Waals surface area (Å²) in [5.41, 5.74) is -0.283. The van der Waals surface area contributed by atoms with Gasteiger partial charge < -0.3 is 14.2 Å². The normalized spacial score (nSPS) is 14.8. The molecule has 0 aliphatic carbocycles. The fourth-order valence-corrected chi connectivity index (χ4v) is 1.23. The number of nitro benzene ring substituents is 1. The van der Waals surface area contributed by atoms with Crippen molar-refractivity contribution in [1.82, 2.24) is 0 Å². The molecular weight excluding hydrogens is 230 g/mol. The van der Waals surface area contributed by atoms with Crippen LogP contribution in [0.4, 0.5) is 10.5 Å². The summed E-state index contributed by atoms with van der Waals surface area (Å²) in [4.78, 5) is 21.3. The van der Waals surface area contributed by atoms with Crippen molar-refractivity contribution < 1.29 is 23.9 Å². The lowest BCUT2D eigenvalue weighted by Crippen LogP contribution is -2.38. The van der Waals surface area contributed by atoms with E-state index in [1.54, 1.807) is 0 Å². The highest BCUT2D eigenvalue weighted by atomic mass is 16.7. The van der Waals surface area contributed by atoms with Gasteiger partial charge in [0.1, 0.15) is 0 Å². The maximum Gasteiger partial charge on any atom is 0.514 e. The lowest BCUT2D eigenvalue weighted by atomic mass is 10.3. The van der Waals surface area contributed by atoms with Crippen LogP contribution in [0.3, 0.4) is 0 Å². The zero-order valence-corrected chi connectivity index (χ0v) is 8.70. The standard InChI is InChI=1S/C10H9NO6/c12-10(16-7-5-15-6-7)17-9-4-2-1-3-8(9)11(13)14/h1-4,7H,5-6H2. The Balaban J connectivity index is 2.01. The molecule has 1 aliphatic heterocycles. The Morgan fingerprint density at radius 2 is 2.12 bits per heavy atom. The monoisotopic (exact) mass is 239 g/mol. The molecule has 0 aromatic heterocycles. The third kappa shape index (κ3) is 2.70. The van der Waals surface area contributed by atoms with E-state index in [0.29, 0.717) is 13.2 Å². The third-order valence-corrected chi connectivity index (χ3v) is 2.13. The molecule has 0 bridgehead atoms. The Kier molecular flexibility index (Phi) is 3.20. The minimum atomic E-state index is -0.965. The number of hydrogen-bond acceptors (Lipinski definition) is 6. The van der Waals surface area contributed by atoms with E-state index in [-0.39, 0.29) is 17.5 Å². The number of nitro groups is 1. The Bertz CT molecular complexity index is 442. The molecule has 1 fully saturated rings. The number of carbonyl (C=O) groups excluding carboxylic acids is 1. The summed E-state index contributed by atoms with van der Waals surface area (Å²) < 4.78 is 14.4. The molecule has 1 saturated heterocycles. The molecule has 7 heteroatoms. The number of benzene rings is 1. The molecule has 1 aromatic rings. The molecule has 0 spiro atoms. The largest absolute Gasteiger partial charge is 0.514 e. The molecule has 0 saturated carbocycles. The second-order valence-electron chi connectivity index (χ2n) is 3.35. The lowest BCUT2D eigenvalue weighted by molar-refractivity contribution is -0.385.